The highest BCUT2D eigenvalue weighted by Gasteiger charge is 2.18. The Morgan fingerprint density at radius 3 is 1.60 bits per heavy atom. The fourth-order valence-electron chi connectivity index (χ4n) is 4.53. The van der Waals surface area contributed by atoms with Crippen molar-refractivity contribution in [3.05, 3.63) is 119 Å². The van der Waals surface area contributed by atoms with Gasteiger partial charge in [0, 0.05) is 70.6 Å². The van der Waals surface area contributed by atoms with E-state index in [0.29, 0.717) is 0 Å². The number of aliphatic imine (C=N–C) groups is 3. The van der Waals surface area contributed by atoms with Crippen molar-refractivity contribution in [3.63, 3.8) is 0 Å². The summed E-state index contributed by atoms with van der Waals surface area (Å²) in [5.41, 5.74) is 8.75. The Labute approximate surface area is 237 Å². The van der Waals surface area contributed by atoms with E-state index < -0.39 is 0 Å². The normalized spacial score (nSPS) is 13.3. The monoisotopic (exact) mass is 528 g/mol. The fourth-order valence-corrected chi connectivity index (χ4v) is 4.53. The topological polar surface area (TPSA) is 46.8 Å². The summed E-state index contributed by atoms with van der Waals surface area (Å²) in [7, 11) is 8.17. The molecule has 0 fully saturated rings. The largest absolute Gasteiger partial charge is 0.378 e. The molecule has 1 heterocycles. The van der Waals surface area contributed by atoms with Crippen LogP contribution in [0.2, 0.25) is 0 Å². The molecule has 0 spiro atoms. The summed E-state index contributed by atoms with van der Waals surface area (Å²) in [5.74, 6) is 1.04. The molecule has 0 aliphatic carbocycles. The van der Waals surface area contributed by atoms with E-state index in [2.05, 4.69) is 122 Å². The molecular formula is C34H36N6. The average molecular weight is 529 g/mol. The molecule has 4 aromatic carbocycles. The van der Waals surface area contributed by atoms with E-state index in [4.69, 9.17) is 4.99 Å². The van der Waals surface area contributed by atoms with Crippen LogP contribution >= 0.6 is 0 Å². The van der Waals surface area contributed by atoms with Gasteiger partial charge in [-0.1, -0.05) is 36.4 Å². The molecule has 40 heavy (non-hydrogen) atoms. The lowest BCUT2D eigenvalue weighted by Gasteiger charge is -2.20. The first-order valence-electron chi connectivity index (χ1n) is 13.6. The zero-order valence-electron chi connectivity index (χ0n) is 23.7. The van der Waals surface area contributed by atoms with Gasteiger partial charge in [0.1, 0.15) is 5.84 Å². The maximum Gasteiger partial charge on any atom is 0.131 e. The Balaban J connectivity index is 1.18. The molecule has 0 amide bonds. The minimum atomic E-state index is 0.813. The third-order valence-corrected chi connectivity index (χ3v) is 6.91. The molecule has 1 aliphatic rings. The van der Waals surface area contributed by atoms with E-state index in [1.807, 2.05) is 40.6 Å². The van der Waals surface area contributed by atoms with E-state index in [-0.39, 0.29) is 0 Å². The van der Waals surface area contributed by atoms with Crippen LogP contribution in [0.5, 0.6) is 0 Å². The predicted octanol–water partition coefficient (Wildman–Crippen LogP) is 6.58. The molecule has 0 aromatic heterocycles. The number of hydrogen-bond acceptors (Lipinski definition) is 6. The molecule has 0 radical (unpaired) electrons. The number of benzene rings is 4. The van der Waals surface area contributed by atoms with Crippen molar-refractivity contribution < 1.29 is 0 Å². The maximum absolute atomic E-state index is 4.80. The minimum absolute atomic E-state index is 0.813. The van der Waals surface area contributed by atoms with Gasteiger partial charge in [-0.25, -0.2) is 0 Å². The molecule has 0 bridgehead atoms. The van der Waals surface area contributed by atoms with Crippen LogP contribution in [0, 0.1) is 0 Å². The highest BCUT2D eigenvalue weighted by atomic mass is 15.2. The van der Waals surface area contributed by atoms with Gasteiger partial charge in [0.05, 0.1) is 17.9 Å². The van der Waals surface area contributed by atoms with Crippen molar-refractivity contribution in [1.82, 2.24) is 4.90 Å². The second-order valence-corrected chi connectivity index (χ2v) is 10.3. The number of rotatable bonds is 9. The number of amidine groups is 1. The Morgan fingerprint density at radius 1 is 0.650 bits per heavy atom. The number of nitrogens with zero attached hydrogens (tertiary/aromatic N) is 6. The molecule has 1 aliphatic heterocycles. The summed E-state index contributed by atoms with van der Waals surface area (Å²) in [6, 6.07) is 33.5. The van der Waals surface area contributed by atoms with Gasteiger partial charge in [0.15, 0.2) is 0 Å². The number of anilines is 2. The van der Waals surface area contributed by atoms with Gasteiger partial charge in [-0.2, -0.15) is 0 Å². The van der Waals surface area contributed by atoms with Crippen LogP contribution in [0.15, 0.2) is 112 Å². The summed E-state index contributed by atoms with van der Waals surface area (Å²) < 4.78 is 0. The van der Waals surface area contributed by atoms with Crippen molar-refractivity contribution in [1.29, 1.82) is 0 Å². The zero-order chi connectivity index (χ0) is 27.9. The molecule has 0 saturated carbocycles. The lowest BCUT2D eigenvalue weighted by Crippen LogP contribution is -2.27. The maximum atomic E-state index is 4.80. The first kappa shape index (κ1) is 26.9. The van der Waals surface area contributed by atoms with Crippen LogP contribution in [-0.2, 0) is 6.54 Å². The minimum Gasteiger partial charge on any atom is -0.378 e. The molecule has 0 N–H and O–H groups in total. The standard InChI is InChI=1S/C34H36N6/c1-38(2)32-17-7-26(8-18-32)23-36-30-13-5-28(6-14-30)25-40-22-21-35-34(40)29-11-15-31(16-12-29)37-24-27-9-19-33(20-10-27)39(3)4/h5-20,23-24H,21-22,25H2,1-4H3. The molecule has 0 saturated heterocycles. The quantitative estimate of drug-likeness (QED) is 0.231. The first-order valence-corrected chi connectivity index (χ1v) is 13.6. The highest BCUT2D eigenvalue weighted by molar-refractivity contribution is 6.00. The SMILES string of the molecule is CN(C)c1ccc(C=Nc2ccc(CN3CCN=C3c3ccc(N=Cc4ccc(N(C)C)cc4)cc3)cc2)cc1. The molecule has 0 atom stereocenters. The first-order chi connectivity index (χ1) is 19.4. The molecule has 202 valence electrons. The Hall–Kier alpha value is -4.71. The van der Waals surface area contributed by atoms with Crippen molar-refractivity contribution in [3.8, 4) is 0 Å². The summed E-state index contributed by atoms with van der Waals surface area (Å²) in [6.07, 6.45) is 3.82. The molecule has 6 heteroatoms. The molecule has 0 unspecified atom stereocenters. The number of hydrogen-bond donors (Lipinski definition) is 0. The molecule has 6 nitrogen and oxygen atoms in total. The van der Waals surface area contributed by atoms with Gasteiger partial charge >= 0.3 is 0 Å². The zero-order valence-corrected chi connectivity index (χ0v) is 23.7. The third-order valence-electron chi connectivity index (χ3n) is 6.91. The third kappa shape index (κ3) is 6.83. The van der Waals surface area contributed by atoms with Crippen LogP contribution in [-0.4, -0.2) is 64.4 Å². The van der Waals surface area contributed by atoms with Crippen LogP contribution in [0.3, 0.4) is 0 Å². The summed E-state index contributed by atoms with van der Waals surface area (Å²) in [6.45, 7) is 2.55. The van der Waals surface area contributed by atoms with Gasteiger partial charge in [0.25, 0.3) is 0 Å². The van der Waals surface area contributed by atoms with E-state index in [1.165, 1.54) is 16.9 Å². The van der Waals surface area contributed by atoms with E-state index >= 15 is 0 Å². The summed E-state index contributed by atoms with van der Waals surface area (Å²) >= 11 is 0. The van der Waals surface area contributed by atoms with Gasteiger partial charge in [-0.15, -0.1) is 0 Å². The van der Waals surface area contributed by atoms with E-state index in [0.717, 1.165) is 53.5 Å². The van der Waals surface area contributed by atoms with Gasteiger partial charge < -0.3 is 14.7 Å². The smallest absolute Gasteiger partial charge is 0.131 e. The van der Waals surface area contributed by atoms with E-state index in [9.17, 15) is 0 Å². The van der Waals surface area contributed by atoms with Crippen LogP contribution in [0.1, 0.15) is 22.3 Å². The van der Waals surface area contributed by atoms with Crippen LogP contribution in [0.25, 0.3) is 0 Å². The van der Waals surface area contributed by atoms with Crippen molar-refractivity contribution in [2.45, 2.75) is 6.54 Å². The highest BCUT2D eigenvalue weighted by Crippen LogP contribution is 2.21. The van der Waals surface area contributed by atoms with Crippen molar-refractivity contribution >= 4 is 41.0 Å². The lowest BCUT2D eigenvalue weighted by molar-refractivity contribution is 0.453. The molecule has 4 aromatic rings. The van der Waals surface area contributed by atoms with E-state index in [1.54, 1.807) is 0 Å². The summed E-state index contributed by atoms with van der Waals surface area (Å²) in [5, 5.41) is 0. The Morgan fingerprint density at radius 2 is 1.12 bits per heavy atom. The lowest BCUT2D eigenvalue weighted by atomic mass is 10.1. The molecular weight excluding hydrogens is 492 g/mol. The average Bonchev–Trinajstić information content (AvgIpc) is 3.44. The Bertz CT molecular complexity index is 1480. The van der Waals surface area contributed by atoms with Crippen molar-refractivity contribution in [2.24, 2.45) is 15.0 Å². The van der Waals surface area contributed by atoms with Gasteiger partial charge in [0.2, 0.25) is 0 Å². The Kier molecular flexibility index (Phi) is 8.35. The molecule has 5 rings (SSSR count). The fraction of sp³-hybridized carbons (Fsp3) is 0.206. The van der Waals surface area contributed by atoms with Crippen LogP contribution < -0.4 is 9.80 Å². The summed E-state index contributed by atoms with van der Waals surface area (Å²) in [4.78, 5) is 20.6. The second kappa shape index (κ2) is 12.4. The van der Waals surface area contributed by atoms with Gasteiger partial charge in [-0.3, -0.25) is 15.0 Å². The predicted molar refractivity (Wildman–Crippen MR) is 171 cm³/mol. The second-order valence-electron chi connectivity index (χ2n) is 10.3. The van der Waals surface area contributed by atoms with Crippen molar-refractivity contribution in [2.75, 3.05) is 51.1 Å². The van der Waals surface area contributed by atoms with Gasteiger partial charge in [-0.05, 0) is 77.4 Å². The van der Waals surface area contributed by atoms with Crippen LogP contribution in [0.4, 0.5) is 22.7 Å².